The number of hydrogen-bond acceptors (Lipinski definition) is 3. The van der Waals surface area contributed by atoms with Gasteiger partial charge in [-0.3, -0.25) is 9.59 Å². The average Bonchev–Trinajstić information content (AvgIpc) is 1.85. The maximum absolute atomic E-state index is 11.1. The summed E-state index contributed by atoms with van der Waals surface area (Å²) in [7, 11) is 0. The summed E-state index contributed by atoms with van der Waals surface area (Å²) >= 11 is 0. The molecule has 0 radical (unpaired) electrons. The van der Waals surface area contributed by atoms with Gasteiger partial charge in [0, 0.05) is 18.5 Å². The van der Waals surface area contributed by atoms with Crippen molar-refractivity contribution in [1.29, 1.82) is 0 Å². The van der Waals surface area contributed by atoms with Crippen LogP contribution in [0, 0.1) is 0 Å². The molecule has 1 saturated carbocycles. The predicted molar refractivity (Wildman–Crippen MR) is 40.8 cm³/mol. The Morgan fingerprint density at radius 2 is 1.73 bits per heavy atom. The molecule has 0 unspecified atom stereocenters. The summed E-state index contributed by atoms with van der Waals surface area (Å²) in [6.45, 7) is 1.59. The molecule has 1 aliphatic carbocycles. The molecule has 3 heteroatoms. The minimum atomic E-state index is -0.0961. The number of allylic oxidation sites excluding steroid dienone is 2. The van der Waals surface area contributed by atoms with Crippen LogP contribution in [0.1, 0.15) is 26.2 Å². The van der Waals surface area contributed by atoms with E-state index in [2.05, 4.69) is 0 Å². The zero-order valence-corrected chi connectivity index (χ0v) is 6.52. The Hall–Kier alpha value is -1.12. The summed E-state index contributed by atoms with van der Waals surface area (Å²) in [5, 5.41) is 0. The Balaban J connectivity index is 2.98. The fourth-order valence-electron chi connectivity index (χ4n) is 1.25. The van der Waals surface area contributed by atoms with E-state index in [0.717, 1.165) is 0 Å². The van der Waals surface area contributed by atoms with Crippen LogP contribution in [0.4, 0.5) is 0 Å². The smallest absolute Gasteiger partial charge is 0.168 e. The summed E-state index contributed by atoms with van der Waals surface area (Å²) < 4.78 is 0. The van der Waals surface area contributed by atoms with Crippen LogP contribution in [0.15, 0.2) is 11.3 Å². The first kappa shape index (κ1) is 7.98. The highest BCUT2D eigenvalue weighted by Gasteiger charge is 2.24. The summed E-state index contributed by atoms with van der Waals surface area (Å²) in [6.07, 6.45) is 1.61. The van der Waals surface area contributed by atoms with Crippen LogP contribution in [-0.4, -0.2) is 11.6 Å². The van der Waals surface area contributed by atoms with Crippen molar-refractivity contribution in [1.82, 2.24) is 0 Å². The third-order valence-electron chi connectivity index (χ3n) is 1.76. The van der Waals surface area contributed by atoms with Crippen molar-refractivity contribution in [2.24, 2.45) is 5.73 Å². The number of rotatable bonds is 0. The van der Waals surface area contributed by atoms with Crippen LogP contribution in [0.5, 0.6) is 0 Å². The molecule has 0 aliphatic heterocycles. The zero-order chi connectivity index (χ0) is 8.43. The highest BCUT2D eigenvalue weighted by Crippen LogP contribution is 2.17. The van der Waals surface area contributed by atoms with Gasteiger partial charge in [-0.05, 0) is 13.3 Å². The summed E-state index contributed by atoms with van der Waals surface area (Å²) in [5.41, 5.74) is 5.98. The minimum Gasteiger partial charge on any atom is -0.402 e. The second-order valence-corrected chi connectivity index (χ2v) is 2.76. The van der Waals surface area contributed by atoms with Gasteiger partial charge in [-0.25, -0.2) is 0 Å². The van der Waals surface area contributed by atoms with Gasteiger partial charge in [-0.15, -0.1) is 0 Å². The minimum absolute atomic E-state index is 0.0961. The largest absolute Gasteiger partial charge is 0.402 e. The third-order valence-corrected chi connectivity index (χ3v) is 1.76. The Morgan fingerprint density at radius 3 is 2.00 bits per heavy atom. The molecule has 0 aromatic rings. The van der Waals surface area contributed by atoms with E-state index < -0.39 is 0 Å². The van der Waals surface area contributed by atoms with E-state index in [0.29, 0.717) is 25.0 Å². The maximum Gasteiger partial charge on any atom is 0.168 e. The number of ketones is 2. The molecular formula is C8H11NO2. The van der Waals surface area contributed by atoms with Crippen molar-refractivity contribution in [2.75, 3.05) is 0 Å². The molecule has 2 N–H and O–H groups in total. The van der Waals surface area contributed by atoms with Crippen LogP contribution in [0.2, 0.25) is 0 Å². The molecule has 1 rings (SSSR count). The van der Waals surface area contributed by atoms with Crippen molar-refractivity contribution in [3.63, 3.8) is 0 Å². The Bertz CT molecular complexity index is 218. The van der Waals surface area contributed by atoms with Gasteiger partial charge in [0.25, 0.3) is 0 Å². The normalized spacial score (nSPS) is 18.8. The van der Waals surface area contributed by atoms with Crippen LogP contribution in [0.25, 0.3) is 0 Å². The van der Waals surface area contributed by atoms with E-state index in [1.54, 1.807) is 6.92 Å². The standard InChI is InChI=1S/C8H11NO2/c1-5(9)8-6(10)3-2-4-7(8)11/h2-4,9H2,1H3. The first-order valence-electron chi connectivity index (χ1n) is 3.65. The molecule has 0 saturated heterocycles. The van der Waals surface area contributed by atoms with Gasteiger partial charge >= 0.3 is 0 Å². The van der Waals surface area contributed by atoms with E-state index in [4.69, 9.17) is 5.73 Å². The van der Waals surface area contributed by atoms with Crippen molar-refractivity contribution in [3.8, 4) is 0 Å². The molecule has 1 aliphatic rings. The molecule has 0 spiro atoms. The van der Waals surface area contributed by atoms with Gasteiger partial charge in [0.15, 0.2) is 11.6 Å². The van der Waals surface area contributed by atoms with Crippen LogP contribution >= 0.6 is 0 Å². The van der Waals surface area contributed by atoms with Gasteiger partial charge in [-0.2, -0.15) is 0 Å². The van der Waals surface area contributed by atoms with Gasteiger partial charge in [0.1, 0.15) is 0 Å². The van der Waals surface area contributed by atoms with E-state index in [9.17, 15) is 9.59 Å². The van der Waals surface area contributed by atoms with E-state index in [1.165, 1.54) is 0 Å². The van der Waals surface area contributed by atoms with Gasteiger partial charge < -0.3 is 5.73 Å². The number of hydrogen-bond donors (Lipinski definition) is 1. The summed E-state index contributed by atoms with van der Waals surface area (Å²) in [5.74, 6) is -0.192. The lowest BCUT2D eigenvalue weighted by atomic mass is 9.91. The molecule has 0 heterocycles. The lowest BCUT2D eigenvalue weighted by molar-refractivity contribution is -0.123. The van der Waals surface area contributed by atoms with Crippen LogP contribution in [-0.2, 0) is 9.59 Å². The van der Waals surface area contributed by atoms with Gasteiger partial charge in [0.05, 0.1) is 5.57 Å². The summed E-state index contributed by atoms with van der Waals surface area (Å²) in [4.78, 5) is 22.2. The van der Waals surface area contributed by atoms with Gasteiger partial charge in [0.2, 0.25) is 0 Å². The van der Waals surface area contributed by atoms with Crippen molar-refractivity contribution in [3.05, 3.63) is 11.3 Å². The number of nitrogens with two attached hydrogens (primary N) is 1. The van der Waals surface area contributed by atoms with Crippen molar-refractivity contribution in [2.45, 2.75) is 26.2 Å². The van der Waals surface area contributed by atoms with Gasteiger partial charge in [-0.1, -0.05) is 0 Å². The van der Waals surface area contributed by atoms with Crippen LogP contribution in [0.3, 0.4) is 0 Å². The number of Topliss-reactive ketones (excluding diaryl/α,β-unsaturated/α-hetero) is 2. The molecule has 11 heavy (non-hydrogen) atoms. The average molecular weight is 153 g/mol. The maximum atomic E-state index is 11.1. The predicted octanol–water partition coefficient (Wildman–Crippen LogP) is 0.541. The number of carbonyl (C=O) groups excluding carboxylic acids is 2. The molecule has 1 fully saturated rings. The lowest BCUT2D eigenvalue weighted by Crippen LogP contribution is -2.22. The highest BCUT2D eigenvalue weighted by molar-refractivity contribution is 6.22. The first-order chi connectivity index (χ1) is 5.13. The Kier molecular flexibility index (Phi) is 2.08. The molecule has 0 atom stereocenters. The van der Waals surface area contributed by atoms with Crippen molar-refractivity contribution >= 4 is 11.6 Å². The van der Waals surface area contributed by atoms with E-state index in [-0.39, 0.29) is 17.1 Å². The SMILES string of the molecule is CC(N)=C1C(=O)CCCC1=O. The van der Waals surface area contributed by atoms with Crippen molar-refractivity contribution < 1.29 is 9.59 Å². The van der Waals surface area contributed by atoms with E-state index in [1.807, 2.05) is 0 Å². The highest BCUT2D eigenvalue weighted by atomic mass is 16.1. The fourth-order valence-corrected chi connectivity index (χ4v) is 1.25. The Labute approximate surface area is 65.3 Å². The molecule has 0 amide bonds. The molecule has 0 aromatic carbocycles. The molecule has 0 bridgehead atoms. The lowest BCUT2D eigenvalue weighted by Gasteiger charge is -2.12. The van der Waals surface area contributed by atoms with E-state index >= 15 is 0 Å². The second-order valence-electron chi connectivity index (χ2n) is 2.76. The topological polar surface area (TPSA) is 60.2 Å². The third kappa shape index (κ3) is 1.48. The monoisotopic (exact) mass is 153 g/mol. The molecular weight excluding hydrogens is 142 g/mol. The zero-order valence-electron chi connectivity index (χ0n) is 6.52. The second kappa shape index (κ2) is 2.86. The summed E-state index contributed by atoms with van der Waals surface area (Å²) in [6, 6.07) is 0. The molecule has 60 valence electrons. The quantitative estimate of drug-likeness (QED) is 0.408. The first-order valence-corrected chi connectivity index (χ1v) is 3.65. The fraction of sp³-hybridized carbons (Fsp3) is 0.500. The Morgan fingerprint density at radius 1 is 1.27 bits per heavy atom. The van der Waals surface area contributed by atoms with Crippen LogP contribution < -0.4 is 5.73 Å². The molecule has 3 nitrogen and oxygen atoms in total. The number of carbonyl (C=O) groups is 2. The molecule has 0 aromatic heterocycles.